The number of aromatic carboxylic acids is 2. The van der Waals surface area contributed by atoms with E-state index in [1.54, 1.807) is 18.2 Å². The van der Waals surface area contributed by atoms with Gasteiger partial charge in [-0.05, 0) is 24.3 Å². The van der Waals surface area contributed by atoms with Gasteiger partial charge in [0.2, 0.25) is 0 Å². The van der Waals surface area contributed by atoms with E-state index in [-0.39, 0.29) is 11.3 Å². The van der Waals surface area contributed by atoms with Crippen LogP contribution in [0.3, 0.4) is 0 Å². The summed E-state index contributed by atoms with van der Waals surface area (Å²) in [5.41, 5.74) is 5.32. The fraction of sp³-hybridized carbons (Fsp3) is 0. The molecule has 0 aliphatic heterocycles. The smallest absolute Gasteiger partial charge is 0.340 e. The highest BCUT2D eigenvalue weighted by Gasteiger charge is 2.21. The number of anilines is 1. The topological polar surface area (TPSA) is 110 Å². The number of nitrogens with two attached hydrogens (primary N) is 1. The molecule has 0 bridgehead atoms. The van der Waals surface area contributed by atoms with Gasteiger partial charge in [0, 0.05) is 11.8 Å². The van der Waals surface area contributed by atoms with Gasteiger partial charge in [-0.25, -0.2) is 9.59 Å². The summed E-state index contributed by atoms with van der Waals surface area (Å²) in [4.78, 5) is 22.3. The Kier molecular flexibility index (Phi) is 3.56. The first-order valence-electron chi connectivity index (χ1n) is 5.62. The summed E-state index contributed by atoms with van der Waals surface area (Å²) >= 11 is 0. The maximum absolute atomic E-state index is 11.2. The molecule has 0 aliphatic carbocycles. The van der Waals surface area contributed by atoms with Crippen molar-refractivity contribution in [3.8, 4) is 11.5 Å². The summed E-state index contributed by atoms with van der Waals surface area (Å²) in [5.74, 6) is -2.43. The van der Waals surface area contributed by atoms with E-state index in [0.717, 1.165) is 0 Å². The van der Waals surface area contributed by atoms with Gasteiger partial charge in [-0.3, -0.25) is 0 Å². The quantitative estimate of drug-likeness (QED) is 0.738. The van der Waals surface area contributed by atoms with Gasteiger partial charge in [0.1, 0.15) is 17.1 Å². The average molecular weight is 273 g/mol. The molecule has 2 aromatic rings. The molecule has 0 amide bonds. The molecular weight excluding hydrogens is 262 g/mol. The van der Waals surface area contributed by atoms with Gasteiger partial charge < -0.3 is 20.7 Å². The summed E-state index contributed by atoms with van der Waals surface area (Å²) in [5, 5.41) is 18.2. The van der Waals surface area contributed by atoms with Gasteiger partial charge in [-0.2, -0.15) is 0 Å². The van der Waals surface area contributed by atoms with Crippen LogP contribution in [0, 0.1) is 0 Å². The number of ether oxygens (including phenoxy) is 1. The Labute approximate surface area is 114 Å². The zero-order valence-corrected chi connectivity index (χ0v) is 10.2. The first-order valence-corrected chi connectivity index (χ1v) is 5.62. The third-order valence-electron chi connectivity index (χ3n) is 2.56. The second-order valence-corrected chi connectivity index (χ2v) is 3.96. The molecule has 0 spiro atoms. The Morgan fingerprint density at radius 1 is 1.00 bits per heavy atom. The Morgan fingerprint density at radius 2 is 1.70 bits per heavy atom. The van der Waals surface area contributed by atoms with Crippen LogP contribution in [-0.4, -0.2) is 22.2 Å². The Morgan fingerprint density at radius 3 is 2.30 bits per heavy atom. The molecule has 20 heavy (non-hydrogen) atoms. The maximum atomic E-state index is 11.2. The third-order valence-corrected chi connectivity index (χ3v) is 2.56. The number of carbonyl (C=O) groups is 2. The minimum atomic E-state index is -1.37. The molecule has 2 aromatic carbocycles. The molecule has 0 aliphatic rings. The molecule has 6 nitrogen and oxygen atoms in total. The predicted molar refractivity (Wildman–Crippen MR) is 71.3 cm³/mol. The molecule has 0 atom stereocenters. The van der Waals surface area contributed by atoms with E-state index in [2.05, 4.69) is 0 Å². The summed E-state index contributed by atoms with van der Waals surface area (Å²) in [6.45, 7) is 0. The van der Waals surface area contributed by atoms with Crippen LogP contribution in [-0.2, 0) is 0 Å². The molecule has 6 heteroatoms. The van der Waals surface area contributed by atoms with Gasteiger partial charge in [0.15, 0.2) is 0 Å². The predicted octanol–water partition coefficient (Wildman–Crippen LogP) is 2.46. The van der Waals surface area contributed by atoms with Crippen LogP contribution in [0.15, 0.2) is 42.5 Å². The highest BCUT2D eigenvalue weighted by molar-refractivity contribution is 6.03. The van der Waals surface area contributed by atoms with Gasteiger partial charge >= 0.3 is 11.9 Å². The van der Waals surface area contributed by atoms with Crippen molar-refractivity contribution in [2.45, 2.75) is 0 Å². The zero-order chi connectivity index (χ0) is 14.7. The number of carboxylic acid groups (broad SMARTS) is 2. The van der Waals surface area contributed by atoms with Crippen LogP contribution in [0.1, 0.15) is 20.7 Å². The van der Waals surface area contributed by atoms with E-state index >= 15 is 0 Å². The van der Waals surface area contributed by atoms with Crippen molar-refractivity contribution in [1.29, 1.82) is 0 Å². The van der Waals surface area contributed by atoms with Gasteiger partial charge in [-0.15, -0.1) is 0 Å². The van der Waals surface area contributed by atoms with E-state index < -0.39 is 17.5 Å². The molecule has 0 saturated heterocycles. The number of benzene rings is 2. The largest absolute Gasteiger partial charge is 0.478 e. The highest BCUT2D eigenvalue weighted by atomic mass is 16.5. The summed E-state index contributed by atoms with van der Waals surface area (Å²) < 4.78 is 5.42. The van der Waals surface area contributed by atoms with E-state index in [1.807, 2.05) is 0 Å². The third kappa shape index (κ3) is 2.69. The van der Waals surface area contributed by atoms with Crippen LogP contribution in [0.25, 0.3) is 0 Å². The van der Waals surface area contributed by atoms with Gasteiger partial charge in [-0.1, -0.05) is 12.1 Å². The van der Waals surface area contributed by atoms with E-state index in [1.165, 1.54) is 24.3 Å². The van der Waals surface area contributed by atoms with Crippen LogP contribution in [0.5, 0.6) is 11.5 Å². The summed E-state index contributed by atoms with van der Waals surface area (Å²) in [6, 6.07) is 10.4. The van der Waals surface area contributed by atoms with Crippen molar-refractivity contribution in [3.63, 3.8) is 0 Å². The SMILES string of the molecule is Nc1cccc(Oc2cccc(C(=O)O)c2C(=O)O)c1. The average Bonchev–Trinajstić information content (AvgIpc) is 2.38. The van der Waals surface area contributed by atoms with E-state index in [0.29, 0.717) is 11.4 Å². The molecule has 0 aromatic heterocycles. The Balaban J connectivity index is 2.49. The number of nitrogen functional groups attached to an aromatic ring is 1. The van der Waals surface area contributed by atoms with Crippen molar-refractivity contribution in [2.75, 3.05) is 5.73 Å². The number of hydrogen-bond donors (Lipinski definition) is 3. The molecule has 0 saturated carbocycles. The van der Waals surface area contributed by atoms with E-state index in [4.69, 9.17) is 20.7 Å². The second kappa shape index (κ2) is 5.31. The molecule has 0 heterocycles. The fourth-order valence-electron chi connectivity index (χ4n) is 1.72. The van der Waals surface area contributed by atoms with Gasteiger partial charge in [0.25, 0.3) is 0 Å². The zero-order valence-electron chi connectivity index (χ0n) is 10.2. The van der Waals surface area contributed by atoms with Crippen molar-refractivity contribution in [2.24, 2.45) is 0 Å². The number of carboxylic acids is 2. The van der Waals surface area contributed by atoms with Crippen LogP contribution < -0.4 is 10.5 Å². The lowest BCUT2D eigenvalue weighted by Crippen LogP contribution is -2.09. The Bertz CT molecular complexity index is 681. The minimum absolute atomic E-state index is 0.0528. The normalized spacial score (nSPS) is 10.0. The molecule has 0 fully saturated rings. The summed E-state index contributed by atoms with van der Waals surface area (Å²) in [7, 11) is 0. The second-order valence-electron chi connectivity index (χ2n) is 3.96. The van der Waals surface area contributed by atoms with Crippen molar-refractivity contribution in [1.82, 2.24) is 0 Å². The molecule has 2 rings (SSSR count). The highest BCUT2D eigenvalue weighted by Crippen LogP contribution is 2.28. The summed E-state index contributed by atoms with van der Waals surface area (Å²) in [6.07, 6.45) is 0. The fourth-order valence-corrected chi connectivity index (χ4v) is 1.72. The first kappa shape index (κ1) is 13.4. The van der Waals surface area contributed by atoms with Gasteiger partial charge in [0.05, 0.1) is 5.56 Å². The first-order chi connectivity index (χ1) is 9.49. The lowest BCUT2D eigenvalue weighted by molar-refractivity contribution is 0.0649. The minimum Gasteiger partial charge on any atom is -0.478 e. The maximum Gasteiger partial charge on any atom is 0.340 e. The molecular formula is C14H11NO5. The van der Waals surface area contributed by atoms with Crippen molar-refractivity contribution in [3.05, 3.63) is 53.6 Å². The molecule has 0 unspecified atom stereocenters. The molecule has 102 valence electrons. The van der Waals surface area contributed by atoms with Crippen LogP contribution >= 0.6 is 0 Å². The number of hydrogen-bond acceptors (Lipinski definition) is 4. The molecule has 4 N–H and O–H groups in total. The lowest BCUT2D eigenvalue weighted by atomic mass is 10.1. The van der Waals surface area contributed by atoms with Crippen molar-refractivity contribution >= 4 is 17.6 Å². The van der Waals surface area contributed by atoms with Crippen LogP contribution in [0.2, 0.25) is 0 Å². The monoisotopic (exact) mass is 273 g/mol. The number of rotatable bonds is 4. The standard InChI is InChI=1S/C14H11NO5/c15-8-3-1-4-9(7-8)20-11-6-2-5-10(13(16)17)12(11)14(18)19/h1-7H,15H2,(H,16,17)(H,18,19). The lowest BCUT2D eigenvalue weighted by Gasteiger charge is -2.11. The van der Waals surface area contributed by atoms with E-state index in [9.17, 15) is 9.59 Å². The van der Waals surface area contributed by atoms with Crippen LogP contribution in [0.4, 0.5) is 5.69 Å². The molecule has 0 radical (unpaired) electrons. The Hall–Kier alpha value is -3.02. The van der Waals surface area contributed by atoms with Crippen molar-refractivity contribution < 1.29 is 24.5 Å².